The van der Waals surface area contributed by atoms with E-state index >= 15 is 0 Å². The molecule has 90 valence electrons. The van der Waals surface area contributed by atoms with Gasteiger partial charge in [0.1, 0.15) is 0 Å². The van der Waals surface area contributed by atoms with Gasteiger partial charge in [-0.3, -0.25) is 4.79 Å². The molecule has 2 aliphatic rings. The van der Waals surface area contributed by atoms with Gasteiger partial charge in [0.05, 0.1) is 12.1 Å². The monoisotopic (exact) mass is 238 g/mol. The molecule has 16 heavy (non-hydrogen) atoms. The Hall–Kier alpha value is -1.47. The first kappa shape index (κ1) is 11.0. The number of carboxylic acid groups (broad SMARTS) is 1. The summed E-state index contributed by atoms with van der Waals surface area (Å²) >= 11 is 0. The van der Waals surface area contributed by atoms with Crippen molar-refractivity contribution in [3.63, 3.8) is 0 Å². The number of likely N-dealkylation sites (tertiary alicyclic amines) is 2. The van der Waals surface area contributed by atoms with Gasteiger partial charge in [0.25, 0.3) is 0 Å². The van der Waals surface area contributed by atoms with E-state index in [9.17, 15) is 22.8 Å². The lowest BCUT2D eigenvalue weighted by atomic mass is 9.98. The highest BCUT2D eigenvalue weighted by atomic mass is 19.4. The van der Waals surface area contributed by atoms with Crippen molar-refractivity contribution in [2.24, 2.45) is 0 Å². The van der Waals surface area contributed by atoms with E-state index in [1.165, 1.54) is 0 Å². The number of carbonyl (C=O) groups excluding carboxylic acids is 1. The zero-order valence-corrected chi connectivity index (χ0v) is 8.07. The molecule has 2 rings (SSSR count). The molecule has 2 fully saturated rings. The molecule has 5 nitrogen and oxygen atoms in total. The van der Waals surface area contributed by atoms with E-state index in [0.29, 0.717) is 0 Å². The van der Waals surface area contributed by atoms with E-state index in [4.69, 9.17) is 5.11 Å². The Morgan fingerprint density at radius 3 is 2.31 bits per heavy atom. The van der Waals surface area contributed by atoms with Crippen LogP contribution in [-0.2, 0) is 4.79 Å². The molecule has 2 heterocycles. The maximum atomic E-state index is 12.2. The molecule has 8 heteroatoms. The van der Waals surface area contributed by atoms with Crippen LogP contribution in [0.2, 0.25) is 0 Å². The van der Waals surface area contributed by atoms with Gasteiger partial charge in [0.15, 0.2) is 0 Å². The number of nitrogens with zero attached hydrogens (tertiary/aromatic N) is 2. The van der Waals surface area contributed by atoms with Crippen LogP contribution in [0.1, 0.15) is 6.42 Å². The lowest BCUT2D eigenvalue weighted by Gasteiger charge is -2.44. The minimum Gasteiger partial charge on any atom is -0.465 e. The summed E-state index contributed by atoms with van der Waals surface area (Å²) in [5, 5.41) is 8.67. The normalized spacial score (nSPS) is 28.7. The number of fused-ring (bicyclic) bond motifs is 1. The highest BCUT2D eigenvalue weighted by Crippen LogP contribution is 2.35. The highest BCUT2D eigenvalue weighted by molar-refractivity contribution is 5.83. The molecule has 0 spiro atoms. The van der Waals surface area contributed by atoms with E-state index in [-0.39, 0.29) is 19.5 Å². The smallest absolute Gasteiger partial charge is 0.465 e. The van der Waals surface area contributed by atoms with Crippen LogP contribution >= 0.6 is 0 Å². The highest BCUT2D eigenvalue weighted by Gasteiger charge is 2.55. The van der Waals surface area contributed by atoms with Gasteiger partial charge < -0.3 is 14.9 Å². The number of hydrogen-bond donors (Lipinski definition) is 1. The van der Waals surface area contributed by atoms with E-state index in [0.717, 1.165) is 9.80 Å². The van der Waals surface area contributed by atoms with Crippen LogP contribution in [0.15, 0.2) is 0 Å². The van der Waals surface area contributed by atoms with Crippen molar-refractivity contribution in [3.8, 4) is 0 Å². The van der Waals surface area contributed by atoms with Crippen LogP contribution in [0, 0.1) is 0 Å². The molecule has 0 aromatic carbocycles. The number of amides is 2. The second-order valence-corrected chi connectivity index (χ2v) is 3.85. The molecule has 0 aromatic heterocycles. The minimum atomic E-state index is -4.88. The summed E-state index contributed by atoms with van der Waals surface area (Å²) in [6.45, 7) is -0.0563. The Balaban J connectivity index is 2.04. The zero-order chi connectivity index (χ0) is 12.1. The first-order valence-corrected chi connectivity index (χ1v) is 4.69. The van der Waals surface area contributed by atoms with Crippen molar-refractivity contribution >= 4 is 12.0 Å². The fraction of sp³-hybridized carbons (Fsp3) is 0.750. The van der Waals surface area contributed by atoms with Crippen LogP contribution in [0.3, 0.4) is 0 Å². The number of rotatable bonds is 0. The Kier molecular flexibility index (Phi) is 2.25. The van der Waals surface area contributed by atoms with Crippen LogP contribution in [0.25, 0.3) is 0 Å². The molecule has 0 unspecified atom stereocenters. The summed E-state index contributed by atoms with van der Waals surface area (Å²) in [5.74, 6) is -1.87. The first-order chi connectivity index (χ1) is 7.32. The second kappa shape index (κ2) is 3.26. The molecule has 0 aromatic rings. The van der Waals surface area contributed by atoms with Gasteiger partial charge in [0, 0.05) is 13.1 Å². The maximum absolute atomic E-state index is 12.2. The van der Waals surface area contributed by atoms with Crippen molar-refractivity contribution in [3.05, 3.63) is 0 Å². The molecule has 0 radical (unpaired) electrons. The van der Waals surface area contributed by atoms with Crippen molar-refractivity contribution in [2.75, 3.05) is 13.1 Å². The lowest BCUT2D eigenvalue weighted by molar-refractivity contribution is -0.188. The molecule has 2 saturated heterocycles. The summed E-state index contributed by atoms with van der Waals surface area (Å²) in [6.07, 6.45) is -5.75. The second-order valence-electron chi connectivity index (χ2n) is 3.85. The Morgan fingerprint density at radius 1 is 1.19 bits per heavy atom. The van der Waals surface area contributed by atoms with Crippen LogP contribution in [0.5, 0.6) is 0 Å². The van der Waals surface area contributed by atoms with E-state index in [1.807, 2.05) is 0 Å². The Bertz CT molecular complexity index is 344. The minimum absolute atomic E-state index is 0.0260. The van der Waals surface area contributed by atoms with E-state index < -0.39 is 30.3 Å². The maximum Gasteiger partial charge on any atom is 0.471 e. The molecule has 0 bridgehead atoms. The molecule has 2 atom stereocenters. The fourth-order valence-corrected chi connectivity index (χ4v) is 2.25. The number of hydrogen-bond acceptors (Lipinski definition) is 2. The third-order valence-corrected chi connectivity index (χ3v) is 3.04. The molecular weight excluding hydrogens is 229 g/mol. The van der Waals surface area contributed by atoms with Gasteiger partial charge in [-0.15, -0.1) is 0 Å². The molecule has 0 saturated carbocycles. The molecule has 2 amide bonds. The van der Waals surface area contributed by atoms with Crippen LogP contribution in [0.4, 0.5) is 18.0 Å². The van der Waals surface area contributed by atoms with Crippen molar-refractivity contribution < 1.29 is 27.9 Å². The van der Waals surface area contributed by atoms with Gasteiger partial charge in [-0.05, 0) is 6.42 Å². The Labute approximate surface area is 88.4 Å². The van der Waals surface area contributed by atoms with Gasteiger partial charge in [-0.25, -0.2) is 4.79 Å². The average Bonchev–Trinajstić information content (AvgIpc) is 2.39. The quantitative estimate of drug-likeness (QED) is 0.669. The zero-order valence-electron chi connectivity index (χ0n) is 8.07. The fourth-order valence-electron chi connectivity index (χ4n) is 2.25. The summed E-state index contributed by atoms with van der Waals surface area (Å²) in [7, 11) is 0. The summed E-state index contributed by atoms with van der Waals surface area (Å²) in [4.78, 5) is 23.4. The van der Waals surface area contributed by atoms with Gasteiger partial charge in [0.2, 0.25) is 0 Å². The number of alkyl halides is 3. The third-order valence-electron chi connectivity index (χ3n) is 3.04. The average molecular weight is 238 g/mol. The predicted molar refractivity (Wildman–Crippen MR) is 44.7 cm³/mol. The summed E-state index contributed by atoms with van der Waals surface area (Å²) < 4.78 is 36.5. The third kappa shape index (κ3) is 1.48. The van der Waals surface area contributed by atoms with Crippen molar-refractivity contribution in [2.45, 2.75) is 24.7 Å². The van der Waals surface area contributed by atoms with Gasteiger partial charge in [-0.2, -0.15) is 13.2 Å². The summed E-state index contributed by atoms with van der Waals surface area (Å²) in [6, 6.07) is -1.07. The van der Waals surface area contributed by atoms with Gasteiger partial charge >= 0.3 is 18.2 Å². The SMILES string of the molecule is O=C(O)N1C[C@@H]2[C@H]1CCN2C(=O)C(F)(F)F. The van der Waals surface area contributed by atoms with Crippen molar-refractivity contribution in [1.29, 1.82) is 0 Å². The predicted octanol–water partition coefficient (Wildman–Crippen LogP) is 0.512. The first-order valence-electron chi connectivity index (χ1n) is 4.69. The molecule has 2 aliphatic heterocycles. The van der Waals surface area contributed by atoms with Crippen molar-refractivity contribution in [1.82, 2.24) is 9.80 Å². The largest absolute Gasteiger partial charge is 0.471 e. The van der Waals surface area contributed by atoms with Gasteiger partial charge in [-0.1, -0.05) is 0 Å². The number of carbonyl (C=O) groups is 2. The number of halogens is 3. The van der Waals surface area contributed by atoms with Crippen LogP contribution in [-0.4, -0.2) is 58.3 Å². The lowest BCUT2D eigenvalue weighted by Crippen LogP contribution is -2.65. The topological polar surface area (TPSA) is 60.9 Å². The molecule has 1 N–H and O–H groups in total. The molecule has 0 aliphatic carbocycles. The summed E-state index contributed by atoms with van der Waals surface area (Å²) in [5.41, 5.74) is 0. The standard InChI is InChI=1S/C8H9F3N2O3/c9-8(10,11)6(14)12-2-1-4-5(12)3-13(4)7(15)16/h4-5H,1-3H2,(H,15,16)/t4-,5-/m1/s1. The van der Waals surface area contributed by atoms with E-state index in [1.54, 1.807) is 0 Å². The Morgan fingerprint density at radius 2 is 1.81 bits per heavy atom. The molecular formula is C8H9F3N2O3. The van der Waals surface area contributed by atoms with E-state index in [2.05, 4.69) is 0 Å². The van der Waals surface area contributed by atoms with Crippen LogP contribution < -0.4 is 0 Å².